The molecule has 0 amide bonds. The third-order valence-corrected chi connectivity index (χ3v) is 6.78. The van der Waals surface area contributed by atoms with Crippen LogP contribution in [0.15, 0.2) is 79.0 Å². The fraction of sp³-hybridized carbons (Fsp3) is 0.241. The van der Waals surface area contributed by atoms with Gasteiger partial charge in [-0.05, 0) is 100 Å². The molecule has 2 aromatic heterocycles. The predicted octanol–water partition coefficient (Wildman–Crippen LogP) is 6.59. The lowest BCUT2D eigenvalue weighted by Gasteiger charge is -2.28. The van der Waals surface area contributed by atoms with E-state index >= 15 is 0 Å². The van der Waals surface area contributed by atoms with Crippen LogP contribution in [0.1, 0.15) is 48.6 Å². The normalized spacial score (nSPS) is 17.5. The maximum Gasteiger partial charge on any atom is 0.174 e. The van der Waals surface area contributed by atoms with Gasteiger partial charge < -0.3 is 19.5 Å². The zero-order chi connectivity index (χ0) is 25.4. The molecule has 2 atom stereocenters. The summed E-state index contributed by atoms with van der Waals surface area (Å²) in [5, 5.41) is 4.12. The summed E-state index contributed by atoms with van der Waals surface area (Å²) in [5.41, 5.74) is 5.33. The first-order valence-corrected chi connectivity index (χ1v) is 12.5. The number of benzene rings is 2. The number of nitrogens with zero attached hydrogens (tertiary/aromatic N) is 3. The second-order valence-electron chi connectivity index (χ2n) is 9.27. The predicted molar refractivity (Wildman–Crippen MR) is 145 cm³/mol. The van der Waals surface area contributed by atoms with Gasteiger partial charge >= 0.3 is 0 Å². The fourth-order valence-electron chi connectivity index (χ4n) is 5.00. The molecule has 0 aliphatic carbocycles. The third kappa shape index (κ3) is 4.35. The molecule has 2 unspecified atom stereocenters. The van der Waals surface area contributed by atoms with Crippen LogP contribution in [-0.4, -0.2) is 20.8 Å². The van der Waals surface area contributed by atoms with Crippen molar-refractivity contribution in [2.45, 2.75) is 45.9 Å². The summed E-state index contributed by atoms with van der Waals surface area (Å²) in [5.74, 6) is 0.548. The van der Waals surface area contributed by atoms with Gasteiger partial charge in [0, 0.05) is 23.3 Å². The lowest BCUT2D eigenvalue weighted by atomic mass is 9.96. The number of thiocarbonyl (C=S) groups is 1. The largest absolute Gasteiger partial charge is 0.491 e. The van der Waals surface area contributed by atoms with E-state index in [1.54, 1.807) is 18.3 Å². The first kappa shape index (κ1) is 24.0. The molecule has 0 saturated carbocycles. The van der Waals surface area contributed by atoms with Gasteiger partial charge in [0.05, 0.1) is 29.6 Å². The first-order valence-electron chi connectivity index (χ1n) is 12.1. The number of para-hydroxylation sites is 1. The Balaban J connectivity index is 1.64. The molecule has 1 aliphatic heterocycles. The molecule has 2 aromatic carbocycles. The highest BCUT2D eigenvalue weighted by molar-refractivity contribution is 7.80. The zero-order valence-electron chi connectivity index (χ0n) is 20.8. The van der Waals surface area contributed by atoms with Crippen LogP contribution in [0.4, 0.5) is 10.1 Å². The number of ether oxygens (including phenoxy) is 1. The van der Waals surface area contributed by atoms with Crippen LogP contribution >= 0.6 is 12.2 Å². The molecule has 3 heterocycles. The Labute approximate surface area is 216 Å². The SMILES string of the molecule is Cc1cc(C2C(c3ccccn3)NC(=S)N2c2ccc(OC(C)C)cc2)c(C)n1-c1ccccc1F. The molecule has 5 nitrogen and oxygen atoms in total. The monoisotopic (exact) mass is 500 g/mol. The smallest absolute Gasteiger partial charge is 0.174 e. The minimum Gasteiger partial charge on any atom is -0.491 e. The van der Waals surface area contributed by atoms with Gasteiger partial charge in [-0.1, -0.05) is 18.2 Å². The second kappa shape index (κ2) is 9.74. The van der Waals surface area contributed by atoms with E-state index in [0.29, 0.717) is 10.8 Å². The average molecular weight is 501 g/mol. The zero-order valence-corrected chi connectivity index (χ0v) is 21.6. The molecule has 0 bridgehead atoms. The van der Waals surface area contributed by atoms with Crippen molar-refractivity contribution in [3.05, 3.63) is 107 Å². The topological polar surface area (TPSA) is 42.3 Å². The number of rotatable bonds is 6. The summed E-state index contributed by atoms with van der Waals surface area (Å²) >= 11 is 5.87. The molecule has 5 rings (SSSR count). The molecule has 184 valence electrons. The molecule has 0 radical (unpaired) electrons. The first-order chi connectivity index (χ1) is 17.3. The summed E-state index contributed by atoms with van der Waals surface area (Å²) in [6.07, 6.45) is 1.89. The molecule has 4 aromatic rings. The number of hydrogen-bond acceptors (Lipinski definition) is 3. The number of halogens is 1. The molecule has 1 saturated heterocycles. The standard InChI is InChI=1S/C29H29FN4OS/c1-18(2)35-22-14-12-21(13-15-22)34-28(27(32-29(34)36)25-10-7-8-16-31-25)23-17-19(3)33(20(23)4)26-11-6-5-9-24(26)30/h5-18,27-28H,1-4H3,(H,32,36). The van der Waals surface area contributed by atoms with Gasteiger partial charge in [0.2, 0.25) is 0 Å². The summed E-state index contributed by atoms with van der Waals surface area (Å²) in [6, 6.07) is 22.5. The van der Waals surface area contributed by atoms with Crippen LogP contribution in [0, 0.1) is 19.7 Å². The van der Waals surface area contributed by atoms with E-state index in [2.05, 4.69) is 21.3 Å². The van der Waals surface area contributed by atoms with E-state index in [0.717, 1.165) is 34.1 Å². The Morgan fingerprint density at radius 1 is 1.00 bits per heavy atom. The van der Waals surface area contributed by atoms with Crippen LogP contribution in [0.3, 0.4) is 0 Å². The molecular formula is C29H29FN4OS. The summed E-state index contributed by atoms with van der Waals surface area (Å²) < 4.78 is 22.6. The molecule has 1 N–H and O–H groups in total. The van der Waals surface area contributed by atoms with Crippen molar-refractivity contribution in [1.29, 1.82) is 0 Å². The van der Waals surface area contributed by atoms with E-state index in [1.165, 1.54) is 6.07 Å². The fourth-order valence-corrected chi connectivity index (χ4v) is 5.34. The van der Waals surface area contributed by atoms with Crippen molar-refractivity contribution in [1.82, 2.24) is 14.9 Å². The average Bonchev–Trinajstić information content (AvgIpc) is 3.35. The Kier molecular flexibility index (Phi) is 6.49. The minimum absolute atomic E-state index is 0.0930. The van der Waals surface area contributed by atoms with Crippen molar-refractivity contribution in [2.24, 2.45) is 0 Å². The molecule has 36 heavy (non-hydrogen) atoms. The maximum atomic E-state index is 14.8. The lowest BCUT2D eigenvalue weighted by molar-refractivity contribution is 0.242. The van der Waals surface area contributed by atoms with Crippen LogP contribution in [0.25, 0.3) is 5.69 Å². The molecular weight excluding hydrogens is 471 g/mol. The van der Waals surface area contributed by atoms with E-state index < -0.39 is 0 Å². The van der Waals surface area contributed by atoms with Crippen LogP contribution in [-0.2, 0) is 0 Å². The van der Waals surface area contributed by atoms with Gasteiger partial charge in [-0.25, -0.2) is 4.39 Å². The molecule has 7 heteroatoms. The number of aromatic nitrogens is 2. The van der Waals surface area contributed by atoms with Crippen molar-refractivity contribution in [3.63, 3.8) is 0 Å². The van der Waals surface area contributed by atoms with Crippen molar-refractivity contribution < 1.29 is 9.13 Å². The highest BCUT2D eigenvalue weighted by Gasteiger charge is 2.42. The number of nitrogens with one attached hydrogen (secondary N) is 1. The van der Waals surface area contributed by atoms with E-state index in [1.807, 2.05) is 80.8 Å². The van der Waals surface area contributed by atoms with Crippen LogP contribution in [0.2, 0.25) is 0 Å². The van der Waals surface area contributed by atoms with Crippen molar-refractivity contribution in [3.8, 4) is 11.4 Å². The molecule has 1 fully saturated rings. The molecule has 1 aliphatic rings. The third-order valence-electron chi connectivity index (χ3n) is 6.47. The Bertz CT molecular complexity index is 1380. The summed E-state index contributed by atoms with van der Waals surface area (Å²) in [7, 11) is 0. The number of hydrogen-bond donors (Lipinski definition) is 1. The summed E-state index contributed by atoms with van der Waals surface area (Å²) in [6.45, 7) is 8.05. The van der Waals surface area contributed by atoms with E-state index in [-0.39, 0.29) is 24.0 Å². The lowest BCUT2D eigenvalue weighted by Crippen LogP contribution is -2.29. The van der Waals surface area contributed by atoms with Gasteiger partial charge in [-0.15, -0.1) is 0 Å². The Hall–Kier alpha value is -3.71. The van der Waals surface area contributed by atoms with Crippen molar-refractivity contribution in [2.75, 3.05) is 4.90 Å². The Morgan fingerprint density at radius 3 is 2.39 bits per heavy atom. The number of aryl methyl sites for hydroxylation is 1. The van der Waals surface area contributed by atoms with Gasteiger partial charge in [-0.3, -0.25) is 4.98 Å². The minimum atomic E-state index is -0.259. The second-order valence-corrected chi connectivity index (χ2v) is 9.66. The highest BCUT2D eigenvalue weighted by Crippen LogP contribution is 2.44. The highest BCUT2D eigenvalue weighted by atomic mass is 32.1. The van der Waals surface area contributed by atoms with Gasteiger partial charge in [0.15, 0.2) is 5.11 Å². The maximum absolute atomic E-state index is 14.8. The van der Waals surface area contributed by atoms with Gasteiger partial charge in [-0.2, -0.15) is 0 Å². The number of anilines is 1. The van der Waals surface area contributed by atoms with Crippen LogP contribution in [0.5, 0.6) is 5.75 Å². The number of pyridine rings is 1. The van der Waals surface area contributed by atoms with E-state index in [4.69, 9.17) is 17.0 Å². The van der Waals surface area contributed by atoms with Crippen molar-refractivity contribution >= 4 is 23.0 Å². The van der Waals surface area contributed by atoms with Crippen LogP contribution < -0.4 is 15.0 Å². The van der Waals surface area contributed by atoms with Gasteiger partial charge in [0.1, 0.15) is 11.6 Å². The van der Waals surface area contributed by atoms with Gasteiger partial charge in [0.25, 0.3) is 0 Å². The Morgan fingerprint density at radius 2 is 1.72 bits per heavy atom. The quantitative estimate of drug-likeness (QED) is 0.303. The summed E-state index contributed by atoms with van der Waals surface area (Å²) in [4.78, 5) is 6.77. The molecule has 0 spiro atoms. The van der Waals surface area contributed by atoms with E-state index in [9.17, 15) is 4.39 Å².